The van der Waals surface area contributed by atoms with Crippen molar-refractivity contribution in [3.8, 4) is 0 Å². The van der Waals surface area contributed by atoms with Crippen LogP contribution >= 0.6 is 11.8 Å². The third-order valence-electron chi connectivity index (χ3n) is 10.1. The zero-order valence-corrected chi connectivity index (χ0v) is 23.4. The fraction of sp³-hybridized carbons (Fsp3) is 0.576. The zero-order valence-electron chi connectivity index (χ0n) is 22.6. The van der Waals surface area contributed by atoms with Gasteiger partial charge in [0.15, 0.2) is 0 Å². The van der Waals surface area contributed by atoms with E-state index in [1.165, 1.54) is 48.8 Å². The highest BCUT2D eigenvalue weighted by atomic mass is 32.2. The van der Waals surface area contributed by atoms with Crippen LogP contribution in [0.4, 0.5) is 0 Å². The highest BCUT2D eigenvalue weighted by molar-refractivity contribution is 8.03. The van der Waals surface area contributed by atoms with Crippen molar-refractivity contribution in [1.82, 2.24) is 0 Å². The number of methoxy groups -OCH3 is 1. The van der Waals surface area contributed by atoms with Crippen LogP contribution in [-0.2, 0) is 11.2 Å². The van der Waals surface area contributed by atoms with Gasteiger partial charge in [-0.05, 0) is 117 Å². The molecule has 0 bridgehead atoms. The van der Waals surface area contributed by atoms with Crippen LogP contribution in [0.5, 0.6) is 0 Å². The quantitative estimate of drug-likeness (QED) is 0.411. The molecule has 0 spiro atoms. The summed E-state index contributed by atoms with van der Waals surface area (Å²) < 4.78 is 6.37. The Bertz CT molecular complexity index is 1160. The van der Waals surface area contributed by atoms with E-state index in [1.807, 2.05) is 18.9 Å². The number of rotatable bonds is 7. The molecule has 2 N–H and O–H groups in total. The van der Waals surface area contributed by atoms with Crippen LogP contribution in [0.2, 0.25) is 0 Å². The van der Waals surface area contributed by atoms with Crippen LogP contribution < -0.4 is 5.73 Å². The summed E-state index contributed by atoms with van der Waals surface area (Å²) >= 11 is 1.99. The van der Waals surface area contributed by atoms with Crippen LogP contribution in [0.15, 0.2) is 69.8 Å². The molecule has 192 valence electrons. The highest BCUT2D eigenvalue weighted by Gasteiger charge is 2.57. The highest BCUT2D eigenvalue weighted by Crippen LogP contribution is 2.68. The van der Waals surface area contributed by atoms with E-state index < -0.39 is 0 Å². The van der Waals surface area contributed by atoms with Crippen LogP contribution in [0.1, 0.15) is 76.3 Å². The number of hydrogen-bond acceptors (Lipinski definition) is 3. The van der Waals surface area contributed by atoms with Crippen molar-refractivity contribution in [2.45, 2.75) is 89.4 Å². The first kappa shape index (κ1) is 24.6. The van der Waals surface area contributed by atoms with Gasteiger partial charge >= 0.3 is 0 Å². The molecule has 36 heavy (non-hydrogen) atoms. The minimum Gasteiger partial charge on any atom is -0.398 e. The Kier molecular flexibility index (Phi) is 6.32. The molecule has 0 amide bonds. The minimum atomic E-state index is 0.106. The molecule has 2 nitrogen and oxygen atoms in total. The molecule has 0 saturated heterocycles. The second-order valence-corrected chi connectivity index (χ2v) is 13.9. The van der Waals surface area contributed by atoms with Crippen LogP contribution in [-0.4, -0.2) is 18.0 Å². The van der Waals surface area contributed by atoms with Gasteiger partial charge < -0.3 is 10.5 Å². The van der Waals surface area contributed by atoms with Crippen molar-refractivity contribution in [3.63, 3.8) is 0 Å². The van der Waals surface area contributed by atoms with Crippen molar-refractivity contribution in [1.29, 1.82) is 0 Å². The topological polar surface area (TPSA) is 35.2 Å². The van der Waals surface area contributed by atoms with Crippen molar-refractivity contribution in [2.75, 3.05) is 7.11 Å². The number of benzene rings is 1. The van der Waals surface area contributed by atoms with Gasteiger partial charge in [0.25, 0.3) is 0 Å². The summed E-state index contributed by atoms with van der Waals surface area (Å²) in [4.78, 5) is 0. The van der Waals surface area contributed by atoms with Gasteiger partial charge in [-0.1, -0.05) is 48.9 Å². The maximum Gasteiger partial charge on any atom is 0.0642 e. The van der Waals surface area contributed by atoms with Gasteiger partial charge in [-0.15, -0.1) is 11.8 Å². The third-order valence-corrected chi connectivity index (χ3v) is 11.3. The van der Waals surface area contributed by atoms with E-state index in [0.29, 0.717) is 17.3 Å². The molecular formula is C33H43NOS. The van der Waals surface area contributed by atoms with E-state index >= 15 is 0 Å². The Hall–Kier alpha value is -1.71. The molecule has 1 heterocycles. The van der Waals surface area contributed by atoms with Crippen molar-refractivity contribution in [2.24, 2.45) is 28.9 Å². The number of allylic oxidation sites excluding steroid dienone is 4. The van der Waals surface area contributed by atoms with Crippen molar-refractivity contribution < 1.29 is 4.74 Å². The summed E-state index contributed by atoms with van der Waals surface area (Å²) in [5.74, 6) is 1.96. The standard InChI is InChI=1S/C33H43NOS/c1-21-18-25(29(19-21)35-4)30(31-26-10-7-17-36-32(26,3)14-13-28(31)34)27(33(15-16-33)24-11-12-24)20-23-9-6-5-8-22(23)2/h5-9,13,17,21,24-25,29H,10-12,14-16,18-20,34H2,1-4H3/b30-27+. The number of thioether (sulfide) groups is 1. The largest absolute Gasteiger partial charge is 0.398 e. The van der Waals surface area contributed by atoms with E-state index in [4.69, 9.17) is 10.5 Å². The SMILES string of the molecule is COC1CC(C)CC1/C(C1=C2CC=CSC2(C)CC=C1N)=C(/Cc1ccccc1C)C1(C2CC2)CC1. The molecule has 6 rings (SSSR count). The van der Waals surface area contributed by atoms with E-state index in [0.717, 1.165) is 37.3 Å². The predicted octanol–water partition coefficient (Wildman–Crippen LogP) is 8.04. The lowest BCUT2D eigenvalue weighted by Crippen LogP contribution is -2.33. The number of aryl methyl sites for hydroxylation is 1. The summed E-state index contributed by atoms with van der Waals surface area (Å²) in [6.45, 7) is 7.14. The maximum absolute atomic E-state index is 7.05. The first-order valence-electron chi connectivity index (χ1n) is 14.2. The molecule has 3 saturated carbocycles. The van der Waals surface area contributed by atoms with E-state index in [-0.39, 0.29) is 10.9 Å². The van der Waals surface area contributed by atoms with Crippen LogP contribution in [0.3, 0.4) is 0 Å². The lowest BCUT2D eigenvalue weighted by Gasteiger charge is -2.41. The van der Waals surface area contributed by atoms with E-state index in [2.05, 4.69) is 62.6 Å². The lowest BCUT2D eigenvalue weighted by molar-refractivity contribution is 0.0810. The number of fused-ring (bicyclic) bond motifs is 1. The first-order valence-corrected chi connectivity index (χ1v) is 15.1. The number of ether oxygens (including phenoxy) is 1. The fourth-order valence-electron chi connectivity index (χ4n) is 7.72. The third kappa shape index (κ3) is 4.15. The molecule has 3 heteroatoms. The Morgan fingerprint density at radius 1 is 1.17 bits per heavy atom. The molecule has 0 aromatic heterocycles. The van der Waals surface area contributed by atoms with Gasteiger partial charge in [0, 0.05) is 29.0 Å². The Morgan fingerprint density at radius 2 is 1.94 bits per heavy atom. The Labute approximate surface area is 222 Å². The Balaban J connectivity index is 1.63. The summed E-state index contributed by atoms with van der Waals surface area (Å²) in [7, 11) is 1.93. The van der Waals surface area contributed by atoms with Gasteiger partial charge in [-0.2, -0.15) is 0 Å². The summed E-state index contributed by atoms with van der Waals surface area (Å²) in [5, 5.41) is 2.32. The smallest absolute Gasteiger partial charge is 0.0642 e. The molecule has 3 fully saturated rings. The molecular weight excluding hydrogens is 458 g/mol. The molecule has 4 atom stereocenters. The van der Waals surface area contributed by atoms with E-state index in [9.17, 15) is 0 Å². The molecule has 4 aliphatic carbocycles. The summed E-state index contributed by atoms with van der Waals surface area (Å²) in [5.41, 5.74) is 17.7. The van der Waals surface area contributed by atoms with Crippen molar-refractivity contribution >= 4 is 11.8 Å². The predicted molar refractivity (Wildman–Crippen MR) is 153 cm³/mol. The Morgan fingerprint density at radius 3 is 2.64 bits per heavy atom. The second kappa shape index (κ2) is 9.24. The molecule has 1 aliphatic heterocycles. The number of nitrogens with two attached hydrogens (primary N) is 1. The molecule has 1 aromatic rings. The second-order valence-electron chi connectivity index (χ2n) is 12.5. The van der Waals surface area contributed by atoms with E-state index in [1.54, 1.807) is 16.7 Å². The van der Waals surface area contributed by atoms with Crippen LogP contribution in [0.25, 0.3) is 0 Å². The van der Waals surface area contributed by atoms with Crippen LogP contribution in [0, 0.1) is 30.1 Å². The first-order chi connectivity index (χ1) is 17.4. The molecule has 4 unspecified atom stereocenters. The molecule has 0 radical (unpaired) electrons. The zero-order chi connectivity index (χ0) is 25.1. The van der Waals surface area contributed by atoms with Gasteiger partial charge in [0.1, 0.15) is 0 Å². The summed E-state index contributed by atoms with van der Waals surface area (Å²) in [6.07, 6.45) is 15.9. The monoisotopic (exact) mass is 501 g/mol. The fourth-order valence-corrected chi connectivity index (χ4v) is 8.72. The average molecular weight is 502 g/mol. The molecule has 5 aliphatic rings. The normalized spacial score (nSPS) is 33.8. The van der Waals surface area contributed by atoms with Gasteiger partial charge in [0.2, 0.25) is 0 Å². The minimum absolute atomic E-state index is 0.106. The number of hydrogen-bond donors (Lipinski definition) is 1. The average Bonchev–Trinajstić information content (AvgIpc) is 3.78. The molecule has 1 aromatic carbocycles. The lowest BCUT2D eigenvalue weighted by atomic mass is 9.70. The maximum atomic E-state index is 7.05. The van der Waals surface area contributed by atoms with Gasteiger partial charge in [-0.25, -0.2) is 0 Å². The van der Waals surface area contributed by atoms with Crippen molar-refractivity contribution in [3.05, 3.63) is 80.9 Å². The summed E-state index contributed by atoms with van der Waals surface area (Å²) in [6, 6.07) is 9.06. The van der Waals surface area contributed by atoms with Gasteiger partial charge in [0.05, 0.1) is 6.10 Å². The van der Waals surface area contributed by atoms with Gasteiger partial charge in [-0.3, -0.25) is 0 Å².